The standard InChI is InChI=1S/C17H24N2O2/c1-5-19(4)11-18-16-9-12(2)15(8-13(16)3)17(20)21-10-14-6-7-14/h8-9,11,14H,5-7,10H2,1-4H3/b18-11+. The summed E-state index contributed by atoms with van der Waals surface area (Å²) < 4.78 is 5.36. The van der Waals surface area contributed by atoms with Crippen molar-refractivity contribution in [3.8, 4) is 0 Å². The second-order valence-electron chi connectivity index (χ2n) is 5.81. The molecule has 1 aliphatic rings. The number of benzene rings is 1. The minimum absolute atomic E-state index is 0.219. The van der Waals surface area contributed by atoms with Crippen molar-refractivity contribution < 1.29 is 9.53 Å². The van der Waals surface area contributed by atoms with E-state index in [1.54, 1.807) is 0 Å². The van der Waals surface area contributed by atoms with E-state index in [1.807, 2.05) is 44.3 Å². The summed E-state index contributed by atoms with van der Waals surface area (Å²) in [7, 11) is 1.98. The molecule has 0 unspecified atom stereocenters. The highest BCUT2D eigenvalue weighted by Gasteiger charge is 2.24. The minimum Gasteiger partial charge on any atom is -0.462 e. The number of esters is 1. The van der Waals surface area contributed by atoms with Crippen LogP contribution in [0.2, 0.25) is 0 Å². The highest BCUT2D eigenvalue weighted by molar-refractivity contribution is 5.92. The maximum atomic E-state index is 12.1. The first-order valence-corrected chi connectivity index (χ1v) is 7.54. The molecule has 0 spiro atoms. The summed E-state index contributed by atoms with van der Waals surface area (Å²) in [4.78, 5) is 18.6. The lowest BCUT2D eigenvalue weighted by Crippen LogP contribution is -2.14. The molecule has 1 aromatic carbocycles. The van der Waals surface area contributed by atoms with Crippen molar-refractivity contribution in [2.45, 2.75) is 33.6 Å². The molecule has 0 saturated heterocycles. The molecule has 0 aliphatic heterocycles. The van der Waals surface area contributed by atoms with Gasteiger partial charge in [0.2, 0.25) is 0 Å². The third-order valence-electron chi connectivity index (χ3n) is 3.80. The van der Waals surface area contributed by atoms with E-state index in [2.05, 4.69) is 11.9 Å². The van der Waals surface area contributed by atoms with Crippen LogP contribution in [-0.4, -0.2) is 37.4 Å². The van der Waals surface area contributed by atoms with Crippen molar-refractivity contribution >= 4 is 18.0 Å². The molecule has 1 fully saturated rings. The number of hydrogen-bond donors (Lipinski definition) is 0. The molecule has 0 atom stereocenters. The van der Waals surface area contributed by atoms with E-state index < -0.39 is 0 Å². The topological polar surface area (TPSA) is 41.9 Å². The highest BCUT2D eigenvalue weighted by Crippen LogP contribution is 2.29. The van der Waals surface area contributed by atoms with Crippen LogP contribution < -0.4 is 0 Å². The first-order valence-electron chi connectivity index (χ1n) is 7.54. The second kappa shape index (κ2) is 6.74. The van der Waals surface area contributed by atoms with Gasteiger partial charge in [0.05, 0.1) is 24.2 Å². The van der Waals surface area contributed by atoms with Crippen LogP contribution in [-0.2, 0) is 4.74 Å². The van der Waals surface area contributed by atoms with E-state index in [0.29, 0.717) is 18.1 Å². The van der Waals surface area contributed by atoms with Crippen molar-refractivity contribution in [2.75, 3.05) is 20.2 Å². The predicted octanol–water partition coefficient (Wildman–Crippen LogP) is 3.48. The van der Waals surface area contributed by atoms with Gasteiger partial charge in [0.1, 0.15) is 0 Å². The Morgan fingerprint density at radius 3 is 2.71 bits per heavy atom. The van der Waals surface area contributed by atoms with E-state index in [0.717, 1.165) is 23.4 Å². The fourth-order valence-electron chi connectivity index (χ4n) is 1.96. The highest BCUT2D eigenvalue weighted by atomic mass is 16.5. The summed E-state index contributed by atoms with van der Waals surface area (Å²) in [6, 6.07) is 3.83. The summed E-state index contributed by atoms with van der Waals surface area (Å²) in [5.74, 6) is 0.368. The molecule has 21 heavy (non-hydrogen) atoms. The van der Waals surface area contributed by atoms with E-state index in [9.17, 15) is 4.79 Å². The zero-order valence-corrected chi connectivity index (χ0v) is 13.3. The van der Waals surface area contributed by atoms with Gasteiger partial charge in [-0.3, -0.25) is 0 Å². The third kappa shape index (κ3) is 4.31. The molecule has 0 N–H and O–H groups in total. The van der Waals surface area contributed by atoms with Gasteiger partial charge in [-0.2, -0.15) is 0 Å². The smallest absolute Gasteiger partial charge is 0.338 e. The van der Waals surface area contributed by atoms with Crippen LogP contribution in [0.25, 0.3) is 0 Å². The third-order valence-corrected chi connectivity index (χ3v) is 3.80. The van der Waals surface area contributed by atoms with Crippen molar-refractivity contribution in [1.82, 2.24) is 4.90 Å². The fourth-order valence-corrected chi connectivity index (χ4v) is 1.96. The molecule has 1 aromatic rings. The molecular formula is C17H24N2O2. The fraction of sp³-hybridized carbons (Fsp3) is 0.529. The molecule has 0 bridgehead atoms. The Morgan fingerprint density at radius 2 is 2.10 bits per heavy atom. The van der Waals surface area contributed by atoms with Crippen LogP contribution in [0.3, 0.4) is 0 Å². The summed E-state index contributed by atoms with van der Waals surface area (Å²) in [5, 5.41) is 0. The van der Waals surface area contributed by atoms with Gasteiger partial charge in [-0.05, 0) is 62.8 Å². The molecule has 0 amide bonds. The average molecular weight is 288 g/mol. The summed E-state index contributed by atoms with van der Waals surface area (Å²) in [6.45, 7) is 7.43. The van der Waals surface area contributed by atoms with Crippen LogP contribution in [0.5, 0.6) is 0 Å². The Bertz CT molecular complexity index is 548. The lowest BCUT2D eigenvalue weighted by molar-refractivity contribution is 0.0485. The van der Waals surface area contributed by atoms with E-state index >= 15 is 0 Å². The lowest BCUT2D eigenvalue weighted by atomic mass is 10.0. The van der Waals surface area contributed by atoms with Gasteiger partial charge in [-0.1, -0.05) is 0 Å². The van der Waals surface area contributed by atoms with Gasteiger partial charge in [0, 0.05) is 13.6 Å². The largest absolute Gasteiger partial charge is 0.462 e. The maximum absolute atomic E-state index is 12.1. The quantitative estimate of drug-likeness (QED) is 0.457. The molecule has 1 saturated carbocycles. The first kappa shape index (κ1) is 15.5. The minimum atomic E-state index is -0.219. The number of rotatable bonds is 6. The van der Waals surface area contributed by atoms with E-state index in [1.165, 1.54) is 12.8 Å². The SMILES string of the molecule is CCN(C)/C=N/c1cc(C)c(C(=O)OCC2CC2)cc1C. The van der Waals surface area contributed by atoms with E-state index in [-0.39, 0.29) is 5.97 Å². The molecule has 0 aromatic heterocycles. The zero-order chi connectivity index (χ0) is 15.4. The number of aliphatic imine (C=N–C) groups is 1. The van der Waals surface area contributed by atoms with Crippen molar-refractivity contribution in [3.05, 3.63) is 28.8 Å². The molecule has 0 heterocycles. The molecule has 1 aliphatic carbocycles. The molecule has 2 rings (SSSR count). The number of aryl methyl sites for hydroxylation is 2. The lowest BCUT2D eigenvalue weighted by Gasteiger charge is -2.11. The summed E-state index contributed by atoms with van der Waals surface area (Å²) >= 11 is 0. The Labute approximate surface area is 126 Å². The number of nitrogens with zero attached hydrogens (tertiary/aromatic N) is 2. The van der Waals surface area contributed by atoms with Gasteiger partial charge < -0.3 is 9.64 Å². The summed E-state index contributed by atoms with van der Waals surface area (Å²) in [5.41, 5.74) is 3.44. The van der Waals surface area contributed by atoms with Crippen molar-refractivity contribution in [3.63, 3.8) is 0 Å². The normalized spacial score (nSPS) is 14.5. The van der Waals surface area contributed by atoms with Gasteiger partial charge in [0.15, 0.2) is 0 Å². The van der Waals surface area contributed by atoms with Crippen LogP contribution in [0.4, 0.5) is 5.69 Å². The van der Waals surface area contributed by atoms with Gasteiger partial charge >= 0.3 is 5.97 Å². The van der Waals surface area contributed by atoms with Crippen molar-refractivity contribution in [2.24, 2.45) is 10.9 Å². The Kier molecular flexibility index (Phi) is 4.99. The van der Waals surface area contributed by atoms with Crippen LogP contribution in [0, 0.1) is 19.8 Å². The molecule has 0 radical (unpaired) electrons. The number of carbonyl (C=O) groups excluding carboxylic acids is 1. The maximum Gasteiger partial charge on any atom is 0.338 e. The zero-order valence-electron chi connectivity index (χ0n) is 13.3. The number of ether oxygens (including phenoxy) is 1. The van der Waals surface area contributed by atoms with Gasteiger partial charge in [-0.25, -0.2) is 9.79 Å². The van der Waals surface area contributed by atoms with Crippen LogP contribution >= 0.6 is 0 Å². The second-order valence-corrected chi connectivity index (χ2v) is 5.81. The molecule has 114 valence electrons. The monoisotopic (exact) mass is 288 g/mol. The van der Waals surface area contributed by atoms with Crippen LogP contribution in [0.1, 0.15) is 41.3 Å². The predicted molar refractivity (Wildman–Crippen MR) is 85.4 cm³/mol. The summed E-state index contributed by atoms with van der Waals surface area (Å²) in [6.07, 6.45) is 4.18. The molecule has 4 heteroatoms. The van der Waals surface area contributed by atoms with Crippen molar-refractivity contribution in [1.29, 1.82) is 0 Å². The Morgan fingerprint density at radius 1 is 1.38 bits per heavy atom. The molecular weight excluding hydrogens is 264 g/mol. The average Bonchev–Trinajstić information content (AvgIpc) is 3.29. The number of hydrogen-bond acceptors (Lipinski definition) is 3. The van der Waals surface area contributed by atoms with Gasteiger partial charge in [0.25, 0.3) is 0 Å². The van der Waals surface area contributed by atoms with E-state index in [4.69, 9.17) is 4.74 Å². The van der Waals surface area contributed by atoms with Gasteiger partial charge in [-0.15, -0.1) is 0 Å². The van der Waals surface area contributed by atoms with Crippen LogP contribution in [0.15, 0.2) is 17.1 Å². The Balaban J connectivity index is 2.11. The molecule has 4 nitrogen and oxygen atoms in total. The number of carbonyl (C=O) groups is 1. The Hall–Kier alpha value is -1.84. The first-order chi connectivity index (χ1) is 10.0.